The minimum Gasteiger partial charge on any atom is -0.353 e. The minimum absolute atomic E-state index is 0.459. The summed E-state index contributed by atoms with van der Waals surface area (Å²) < 4.78 is 6.00. The summed E-state index contributed by atoms with van der Waals surface area (Å²) in [5.74, 6) is 2.05. The Kier molecular flexibility index (Phi) is 4.51. The number of piperazine rings is 1. The molecule has 0 atom stereocenters. The van der Waals surface area contributed by atoms with E-state index >= 15 is 0 Å². The van der Waals surface area contributed by atoms with Crippen molar-refractivity contribution in [3.63, 3.8) is 0 Å². The van der Waals surface area contributed by atoms with Crippen molar-refractivity contribution in [3.8, 4) is 0 Å². The first kappa shape index (κ1) is 15.4. The SMILES string of the molecule is NC1CCC(CN2CCN(c3nsc4ccccc34)CC2)CC1. The molecule has 1 aromatic heterocycles. The van der Waals surface area contributed by atoms with Gasteiger partial charge >= 0.3 is 0 Å². The molecule has 1 saturated carbocycles. The van der Waals surface area contributed by atoms with E-state index in [4.69, 9.17) is 10.1 Å². The number of rotatable bonds is 3. The van der Waals surface area contributed by atoms with E-state index < -0.39 is 0 Å². The molecule has 1 saturated heterocycles. The summed E-state index contributed by atoms with van der Waals surface area (Å²) in [6.45, 7) is 5.78. The second-order valence-electron chi connectivity index (χ2n) is 7.07. The lowest BCUT2D eigenvalue weighted by Crippen LogP contribution is -2.48. The molecule has 1 aromatic carbocycles. The Balaban J connectivity index is 1.34. The number of hydrogen-bond acceptors (Lipinski definition) is 5. The summed E-state index contributed by atoms with van der Waals surface area (Å²) in [5.41, 5.74) is 6.02. The molecule has 5 heteroatoms. The minimum atomic E-state index is 0.459. The Labute approximate surface area is 142 Å². The number of anilines is 1. The molecule has 2 aliphatic rings. The van der Waals surface area contributed by atoms with Gasteiger partial charge in [-0.05, 0) is 55.3 Å². The van der Waals surface area contributed by atoms with Crippen LogP contribution in [0.2, 0.25) is 0 Å². The molecule has 2 aromatic rings. The monoisotopic (exact) mass is 330 g/mol. The quantitative estimate of drug-likeness (QED) is 0.940. The molecule has 2 N–H and O–H groups in total. The molecule has 124 valence electrons. The van der Waals surface area contributed by atoms with E-state index in [1.54, 1.807) is 11.5 Å². The van der Waals surface area contributed by atoms with Crippen LogP contribution in [0.5, 0.6) is 0 Å². The average Bonchev–Trinajstić information content (AvgIpc) is 3.02. The highest BCUT2D eigenvalue weighted by Crippen LogP contribution is 2.30. The van der Waals surface area contributed by atoms with Gasteiger partial charge in [0.2, 0.25) is 0 Å². The predicted molar refractivity (Wildman–Crippen MR) is 98.2 cm³/mol. The fourth-order valence-corrected chi connectivity index (χ4v) is 4.77. The van der Waals surface area contributed by atoms with Crippen LogP contribution in [0, 0.1) is 5.92 Å². The Morgan fingerprint density at radius 1 is 1.04 bits per heavy atom. The highest BCUT2D eigenvalue weighted by molar-refractivity contribution is 7.13. The zero-order chi connectivity index (χ0) is 15.6. The van der Waals surface area contributed by atoms with Crippen molar-refractivity contribution in [1.29, 1.82) is 0 Å². The Hall–Kier alpha value is -1.17. The maximum absolute atomic E-state index is 6.02. The summed E-state index contributed by atoms with van der Waals surface area (Å²) in [7, 11) is 0. The van der Waals surface area contributed by atoms with Gasteiger partial charge in [-0.2, -0.15) is 4.37 Å². The first-order valence-corrected chi connectivity index (χ1v) is 9.64. The van der Waals surface area contributed by atoms with Crippen molar-refractivity contribution in [1.82, 2.24) is 9.27 Å². The maximum Gasteiger partial charge on any atom is 0.150 e. The van der Waals surface area contributed by atoms with Crippen LogP contribution < -0.4 is 10.6 Å². The largest absolute Gasteiger partial charge is 0.353 e. The van der Waals surface area contributed by atoms with Gasteiger partial charge in [-0.3, -0.25) is 4.90 Å². The third-order valence-corrected chi connectivity index (χ3v) is 6.25. The summed E-state index contributed by atoms with van der Waals surface area (Å²) in [6, 6.07) is 9.04. The molecule has 2 heterocycles. The molecule has 0 unspecified atom stereocenters. The van der Waals surface area contributed by atoms with Gasteiger partial charge in [0.15, 0.2) is 0 Å². The average molecular weight is 331 g/mol. The molecule has 2 fully saturated rings. The summed E-state index contributed by atoms with van der Waals surface area (Å²) >= 11 is 1.62. The molecule has 23 heavy (non-hydrogen) atoms. The highest BCUT2D eigenvalue weighted by atomic mass is 32.1. The van der Waals surface area contributed by atoms with Crippen LogP contribution in [0.15, 0.2) is 24.3 Å². The fourth-order valence-electron chi connectivity index (χ4n) is 3.98. The van der Waals surface area contributed by atoms with Gasteiger partial charge < -0.3 is 10.6 Å². The molecule has 1 aliphatic carbocycles. The second kappa shape index (κ2) is 6.75. The number of hydrogen-bond donors (Lipinski definition) is 1. The Morgan fingerprint density at radius 2 is 1.78 bits per heavy atom. The first-order valence-electron chi connectivity index (χ1n) is 8.87. The van der Waals surface area contributed by atoms with Crippen LogP contribution in [0.1, 0.15) is 25.7 Å². The van der Waals surface area contributed by atoms with Gasteiger partial charge in [0.1, 0.15) is 5.82 Å². The summed E-state index contributed by atoms with van der Waals surface area (Å²) in [6.07, 6.45) is 5.07. The van der Waals surface area contributed by atoms with Gasteiger partial charge in [0, 0.05) is 44.2 Å². The van der Waals surface area contributed by atoms with Crippen molar-refractivity contribution < 1.29 is 0 Å². The third-order valence-electron chi connectivity index (χ3n) is 5.44. The van der Waals surface area contributed by atoms with Gasteiger partial charge in [0.25, 0.3) is 0 Å². The molecule has 4 nitrogen and oxygen atoms in total. The zero-order valence-electron chi connectivity index (χ0n) is 13.7. The zero-order valence-corrected chi connectivity index (χ0v) is 14.5. The van der Waals surface area contributed by atoms with Crippen molar-refractivity contribution in [2.24, 2.45) is 11.7 Å². The molecule has 4 rings (SSSR count). The van der Waals surface area contributed by atoms with Crippen molar-refractivity contribution >= 4 is 27.4 Å². The van der Waals surface area contributed by atoms with Crippen LogP contribution in [0.25, 0.3) is 10.1 Å². The predicted octanol–water partition coefficient (Wildman–Crippen LogP) is 2.94. The van der Waals surface area contributed by atoms with Crippen LogP contribution in [-0.2, 0) is 0 Å². The van der Waals surface area contributed by atoms with E-state index in [1.165, 1.54) is 48.1 Å². The van der Waals surface area contributed by atoms with Crippen LogP contribution in [-0.4, -0.2) is 48.0 Å². The Bertz CT molecular complexity index is 639. The Morgan fingerprint density at radius 3 is 2.57 bits per heavy atom. The van der Waals surface area contributed by atoms with Crippen LogP contribution in [0.3, 0.4) is 0 Å². The summed E-state index contributed by atoms with van der Waals surface area (Å²) in [5, 5.41) is 1.31. The topological polar surface area (TPSA) is 45.4 Å². The molecule has 0 amide bonds. The van der Waals surface area contributed by atoms with Crippen LogP contribution >= 0.6 is 11.5 Å². The van der Waals surface area contributed by atoms with Crippen LogP contribution in [0.4, 0.5) is 5.82 Å². The smallest absolute Gasteiger partial charge is 0.150 e. The number of aromatic nitrogens is 1. The lowest BCUT2D eigenvalue weighted by molar-refractivity contribution is 0.186. The number of fused-ring (bicyclic) bond motifs is 1. The molecular weight excluding hydrogens is 304 g/mol. The van der Waals surface area contributed by atoms with Crippen molar-refractivity contribution in [2.75, 3.05) is 37.6 Å². The second-order valence-corrected chi connectivity index (χ2v) is 7.88. The standard InChI is InChI=1S/C18H26N4S/c19-15-7-5-14(6-8-15)13-21-9-11-22(12-10-21)18-16-3-1-2-4-17(16)23-20-18/h1-4,14-15H,5-13,19H2. The van der Waals surface area contributed by atoms with E-state index in [2.05, 4.69) is 34.1 Å². The molecule has 1 aliphatic heterocycles. The van der Waals surface area contributed by atoms with E-state index in [1.807, 2.05) is 0 Å². The van der Waals surface area contributed by atoms with E-state index in [0.29, 0.717) is 6.04 Å². The number of nitrogens with zero attached hydrogens (tertiary/aromatic N) is 3. The normalized spacial score (nSPS) is 26.7. The first-order chi connectivity index (χ1) is 11.3. The third kappa shape index (κ3) is 3.37. The van der Waals surface area contributed by atoms with E-state index in [0.717, 1.165) is 32.1 Å². The highest BCUT2D eigenvalue weighted by Gasteiger charge is 2.24. The number of nitrogens with two attached hydrogens (primary N) is 1. The lowest BCUT2D eigenvalue weighted by atomic mass is 9.86. The van der Waals surface area contributed by atoms with Gasteiger partial charge in [-0.15, -0.1) is 0 Å². The molecule has 0 spiro atoms. The summed E-state index contributed by atoms with van der Waals surface area (Å²) in [4.78, 5) is 5.11. The van der Waals surface area contributed by atoms with Crippen molar-refractivity contribution in [2.45, 2.75) is 31.7 Å². The molecular formula is C18H26N4S. The van der Waals surface area contributed by atoms with Gasteiger partial charge in [0.05, 0.1) is 4.70 Å². The fraction of sp³-hybridized carbons (Fsp3) is 0.611. The van der Waals surface area contributed by atoms with E-state index in [-0.39, 0.29) is 0 Å². The maximum atomic E-state index is 6.02. The number of benzene rings is 1. The molecule has 0 bridgehead atoms. The molecule has 0 radical (unpaired) electrons. The van der Waals surface area contributed by atoms with E-state index in [9.17, 15) is 0 Å². The lowest BCUT2D eigenvalue weighted by Gasteiger charge is -2.38. The van der Waals surface area contributed by atoms with Gasteiger partial charge in [-0.1, -0.05) is 12.1 Å². The van der Waals surface area contributed by atoms with Gasteiger partial charge in [-0.25, -0.2) is 0 Å². The van der Waals surface area contributed by atoms with Crippen molar-refractivity contribution in [3.05, 3.63) is 24.3 Å².